The Morgan fingerprint density at radius 2 is 1.31 bits per heavy atom. The molecule has 168 valence electrons. The number of carbonyl (C=O) groups excluding carboxylic acids is 2. The van der Waals surface area contributed by atoms with Crippen molar-refractivity contribution in [2.24, 2.45) is 11.8 Å². The van der Waals surface area contributed by atoms with E-state index in [1.807, 2.05) is 20.8 Å². The van der Waals surface area contributed by atoms with Crippen molar-refractivity contribution in [1.82, 2.24) is 10.6 Å². The van der Waals surface area contributed by atoms with Gasteiger partial charge in [-0.2, -0.15) is 0 Å². The molecule has 2 aliphatic heterocycles. The van der Waals surface area contributed by atoms with Crippen molar-refractivity contribution in [3.63, 3.8) is 0 Å². The maximum atomic E-state index is 12.8. The van der Waals surface area contributed by atoms with Crippen LogP contribution in [0, 0.1) is 11.8 Å². The van der Waals surface area contributed by atoms with E-state index >= 15 is 0 Å². The molecule has 3 unspecified atom stereocenters. The van der Waals surface area contributed by atoms with Crippen molar-refractivity contribution >= 4 is 11.9 Å². The van der Waals surface area contributed by atoms with Gasteiger partial charge in [-0.25, -0.2) is 0 Å². The number of ether oxygens (including phenoxy) is 2. The van der Waals surface area contributed by atoms with E-state index in [9.17, 15) is 9.59 Å². The third-order valence-electron chi connectivity index (χ3n) is 6.48. The molecule has 6 nitrogen and oxygen atoms in total. The zero-order valence-corrected chi connectivity index (χ0v) is 19.9. The van der Waals surface area contributed by atoms with Crippen molar-refractivity contribution in [1.29, 1.82) is 0 Å². The van der Waals surface area contributed by atoms with Gasteiger partial charge in [-0.3, -0.25) is 9.59 Å². The van der Waals surface area contributed by atoms with Gasteiger partial charge in [-0.15, -0.1) is 0 Å². The van der Waals surface area contributed by atoms with Crippen molar-refractivity contribution in [2.75, 3.05) is 6.61 Å². The first-order chi connectivity index (χ1) is 13.1. The highest BCUT2D eigenvalue weighted by Gasteiger charge is 2.49. The van der Waals surface area contributed by atoms with Gasteiger partial charge in [-0.05, 0) is 74.7 Å². The maximum Gasteiger partial charge on any atom is 0.311 e. The first-order valence-corrected chi connectivity index (χ1v) is 11.0. The van der Waals surface area contributed by atoms with E-state index in [4.69, 9.17) is 9.47 Å². The van der Waals surface area contributed by atoms with Gasteiger partial charge in [0.05, 0.1) is 18.4 Å². The predicted molar refractivity (Wildman–Crippen MR) is 115 cm³/mol. The zero-order valence-electron chi connectivity index (χ0n) is 19.9. The molecule has 2 heterocycles. The number of hydrogen-bond donors (Lipinski definition) is 2. The first kappa shape index (κ1) is 24.1. The van der Waals surface area contributed by atoms with Gasteiger partial charge < -0.3 is 20.1 Å². The van der Waals surface area contributed by atoms with Gasteiger partial charge in [0.2, 0.25) is 0 Å². The molecular weight excluding hydrogens is 368 g/mol. The highest BCUT2D eigenvalue weighted by Crippen LogP contribution is 2.38. The summed E-state index contributed by atoms with van der Waals surface area (Å²) in [6.45, 7) is 18.9. The van der Waals surface area contributed by atoms with Gasteiger partial charge in [-0.1, -0.05) is 6.92 Å². The predicted octanol–water partition coefficient (Wildman–Crippen LogP) is 3.57. The Hall–Kier alpha value is -1.14. The van der Waals surface area contributed by atoms with Crippen LogP contribution >= 0.6 is 0 Å². The summed E-state index contributed by atoms with van der Waals surface area (Å²) >= 11 is 0. The Labute approximate surface area is 176 Å². The number of carbonyl (C=O) groups is 2. The van der Waals surface area contributed by atoms with E-state index in [1.165, 1.54) is 0 Å². The first-order valence-electron chi connectivity index (χ1n) is 11.0. The van der Waals surface area contributed by atoms with Gasteiger partial charge in [0.15, 0.2) is 0 Å². The summed E-state index contributed by atoms with van der Waals surface area (Å²) in [6.07, 6.45) is 2.51. The van der Waals surface area contributed by atoms with Crippen molar-refractivity contribution < 1.29 is 19.1 Å². The molecule has 3 atom stereocenters. The standard InChI is InChI=1S/C23H42N2O4/c1-10-15(29-19(27)17-14-21(4,5)25-23(17,8)9)11-12-28-18(26)16-13-20(2,3)24-22(16,6)7/h15-17,24-25H,10-14H2,1-9H3. The molecule has 29 heavy (non-hydrogen) atoms. The molecule has 2 saturated heterocycles. The Morgan fingerprint density at radius 1 is 0.862 bits per heavy atom. The van der Waals surface area contributed by atoms with Crippen LogP contribution in [-0.2, 0) is 19.1 Å². The molecule has 0 radical (unpaired) electrons. The average molecular weight is 411 g/mol. The van der Waals surface area contributed by atoms with Gasteiger partial charge in [0.25, 0.3) is 0 Å². The minimum atomic E-state index is -0.292. The fourth-order valence-corrected chi connectivity index (χ4v) is 5.29. The number of rotatable bonds is 7. The normalized spacial score (nSPS) is 30.0. The van der Waals surface area contributed by atoms with Gasteiger partial charge in [0.1, 0.15) is 6.10 Å². The van der Waals surface area contributed by atoms with E-state index < -0.39 is 0 Å². The summed E-state index contributed by atoms with van der Waals surface area (Å²) in [7, 11) is 0. The fraction of sp³-hybridized carbons (Fsp3) is 0.913. The Kier molecular flexibility index (Phi) is 6.81. The van der Waals surface area contributed by atoms with Crippen LogP contribution in [0.3, 0.4) is 0 Å². The van der Waals surface area contributed by atoms with Crippen LogP contribution < -0.4 is 10.6 Å². The minimum Gasteiger partial charge on any atom is -0.465 e. The van der Waals surface area contributed by atoms with Crippen molar-refractivity contribution in [3.8, 4) is 0 Å². The monoisotopic (exact) mass is 410 g/mol. The van der Waals surface area contributed by atoms with Crippen LogP contribution in [0.15, 0.2) is 0 Å². The number of esters is 2. The molecule has 0 aromatic rings. The van der Waals surface area contributed by atoms with Crippen LogP contribution in [0.25, 0.3) is 0 Å². The van der Waals surface area contributed by atoms with E-state index in [-0.39, 0.29) is 58.6 Å². The summed E-state index contributed by atoms with van der Waals surface area (Å²) in [5.41, 5.74) is -0.741. The molecule has 6 heteroatoms. The number of nitrogens with one attached hydrogen (secondary N) is 2. The van der Waals surface area contributed by atoms with Crippen LogP contribution in [-0.4, -0.2) is 46.8 Å². The van der Waals surface area contributed by atoms with E-state index in [2.05, 4.69) is 52.2 Å². The van der Waals surface area contributed by atoms with Crippen molar-refractivity contribution in [2.45, 2.75) is 116 Å². The summed E-state index contributed by atoms with van der Waals surface area (Å²) < 4.78 is 11.4. The van der Waals surface area contributed by atoms with Crippen LogP contribution in [0.4, 0.5) is 0 Å². The van der Waals surface area contributed by atoms with E-state index in [1.54, 1.807) is 0 Å². The maximum absolute atomic E-state index is 12.8. The lowest BCUT2D eigenvalue weighted by Gasteiger charge is -2.28. The topological polar surface area (TPSA) is 76.7 Å². The molecule has 2 aliphatic rings. The molecule has 2 fully saturated rings. The fourth-order valence-electron chi connectivity index (χ4n) is 5.29. The Morgan fingerprint density at radius 3 is 1.69 bits per heavy atom. The van der Waals surface area contributed by atoms with E-state index in [0.717, 1.165) is 12.8 Å². The summed E-state index contributed by atoms with van der Waals surface area (Å²) in [6, 6.07) is 0. The smallest absolute Gasteiger partial charge is 0.311 e. The third-order valence-corrected chi connectivity index (χ3v) is 6.48. The second kappa shape index (κ2) is 8.18. The minimum absolute atomic E-state index is 0.0788. The average Bonchev–Trinajstić information content (AvgIpc) is 2.91. The molecule has 0 saturated carbocycles. The van der Waals surface area contributed by atoms with Crippen LogP contribution in [0.5, 0.6) is 0 Å². The SMILES string of the molecule is CCC(CCOC(=O)C1CC(C)(C)NC1(C)C)OC(=O)C1CC(C)(C)NC1(C)C. The third kappa shape index (κ3) is 5.94. The Balaban J connectivity index is 1.85. The molecule has 0 amide bonds. The van der Waals surface area contributed by atoms with E-state index in [0.29, 0.717) is 12.8 Å². The molecule has 0 aromatic carbocycles. The summed E-state index contributed by atoms with van der Waals surface area (Å²) in [5, 5.41) is 7.03. The van der Waals surface area contributed by atoms with Crippen molar-refractivity contribution in [3.05, 3.63) is 0 Å². The lowest BCUT2D eigenvalue weighted by atomic mass is 9.87. The molecule has 0 spiro atoms. The molecule has 2 rings (SSSR count). The zero-order chi connectivity index (χ0) is 22.3. The largest absolute Gasteiger partial charge is 0.465 e. The van der Waals surface area contributed by atoms with Gasteiger partial charge >= 0.3 is 11.9 Å². The highest BCUT2D eigenvalue weighted by molar-refractivity contribution is 5.75. The second-order valence-electron chi connectivity index (χ2n) is 11.4. The summed E-state index contributed by atoms with van der Waals surface area (Å²) in [4.78, 5) is 25.4. The second-order valence-corrected chi connectivity index (χ2v) is 11.4. The summed E-state index contributed by atoms with van der Waals surface area (Å²) in [5.74, 6) is -0.680. The molecule has 2 N–H and O–H groups in total. The molecule has 0 bridgehead atoms. The Bertz CT molecular complexity index is 624. The molecule has 0 aromatic heterocycles. The quantitative estimate of drug-likeness (QED) is 0.625. The highest BCUT2D eigenvalue weighted by atomic mass is 16.6. The molecule has 0 aliphatic carbocycles. The number of hydrogen-bond acceptors (Lipinski definition) is 6. The van der Waals surface area contributed by atoms with Gasteiger partial charge in [0, 0.05) is 28.6 Å². The lowest BCUT2D eigenvalue weighted by Crippen LogP contribution is -2.47. The lowest BCUT2D eigenvalue weighted by molar-refractivity contribution is -0.158. The molecular formula is C23H42N2O4. The van der Waals surface area contributed by atoms with Crippen LogP contribution in [0.1, 0.15) is 88.0 Å². The van der Waals surface area contributed by atoms with Crippen LogP contribution in [0.2, 0.25) is 0 Å².